The molecule has 1 amide bonds. The highest BCUT2D eigenvalue weighted by Crippen LogP contribution is 2.44. The van der Waals surface area contributed by atoms with Crippen LogP contribution in [0, 0.1) is 23.0 Å². The number of benzene rings is 3. The van der Waals surface area contributed by atoms with Crippen LogP contribution in [0.4, 0.5) is 18.0 Å². The van der Waals surface area contributed by atoms with Crippen LogP contribution in [-0.4, -0.2) is 84.9 Å². The molecule has 0 bridgehead atoms. The van der Waals surface area contributed by atoms with Crippen molar-refractivity contribution in [2.45, 2.75) is 57.3 Å². The van der Waals surface area contributed by atoms with Crippen LogP contribution in [0.1, 0.15) is 51.2 Å². The number of fused-ring (bicyclic) bond motifs is 3. The van der Waals surface area contributed by atoms with E-state index in [0.29, 0.717) is 40.6 Å². The molecule has 3 aromatic carbocycles. The molecule has 0 spiro atoms. The number of hydrogen-bond donors (Lipinski definition) is 0. The maximum Gasteiger partial charge on any atom is 0.410 e. The average molecular weight is 701 g/mol. The Balaban J connectivity index is 1.38. The van der Waals surface area contributed by atoms with Gasteiger partial charge in [0.15, 0.2) is 12.6 Å². The first kappa shape index (κ1) is 34.6. The first-order chi connectivity index (χ1) is 24.4. The van der Waals surface area contributed by atoms with E-state index in [2.05, 4.69) is 16.0 Å². The molecular weight excluding hydrogens is 661 g/mol. The summed E-state index contributed by atoms with van der Waals surface area (Å²) in [6.45, 7) is 6.70. The molecule has 2 atom stereocenters. The normalized spacial score (nSPS) is 20.5. The summed E-state index contributed by atoms with van der Waals surface area (Å²) < 4.78 is 69.9. The molecule has 12 heteroatoms. The topological polar surface area (TPSA) is 97.1 Å². The lowest BCUT2D eigenvalue weighted by atomic mass is 9.92. The number of rotatable bonds is 8. The van der Waals surface area contributed by atoms with Crippen LogP contribution in [0.2, 0.25) is 0 Å². The highest BCUT2D eigenvalue weighted by molar-refractivity contribution is 6.03. The zero-order valence-corrected chi connectivity index (χ0v) is 29.0. The third kappa shape index (κ3) is 6.45. The summed E-state index contributed by atoms with van der Waals surface area (Å²) in [6.07, 6.45) is 2.19. The maximum absolute atomic E-state index is 17.1. The van der Waals surface area contributed by atoms with E-state index in [0.717, 1.165) is 19.4 Å². The molecule has 3 aliphatic heterocycles. The molecule has 1 aromatic heterocycles. The molecular formula is C39H39F3N4O5. The minimum absolute atomic E-state index is 0.0574. The lowest BCUT2D eigenvalue weighted by Crippen LogP contribution is -2.43. The monoisotopic (exact) mass is 700 g/mol. The fourth-order valence-electron chi connectivity index (χ4n) is 7.65. The van der Waals surface area contributed by atoms with E-state index < -0.39 is 35.0 Å². The molecule has 0 saturated carbocycles. The Kier molecular flexibility index (Phi) is 9.06. The van der Waals surface area contributed by atoms with E-state index in [9.17, 15) is 14.4 Å². The van der Waals surface area contributed by atoms with E-state index in [1.165, 1.54) is 24.1 Å². The number of aromatic nitrogens is 1. The number of nitriles is 1. The van der Waals surface area contributed by atoms with Crippen LogP contribution in [0.3, 0.4) is 0 Å². The van der Waals surface area contributed by atoms with Gasteiger partial charge < -0.3 is 23.8 Å². The van der Waals surface area contributed by atoms with Crippen LogP contribution in [0.15, 0.2) is 48.5 Å². The molecule has 0 unspecified atom stereocenters. The van der Waals surface area contributed by atoms with Crippen molar-refractivity contribution in [1.29, 1.82) is 5.26 Å². The Morgan fingerprint density at radius 2 is 1.96 bits per heavy atom. The molecule has 7 rings (SSSR count). The number of pyridine rings is 1. The van der Waals surface area contributed by atoms with Crippen molar-refractivity contribution in [1.82, 2.24) is 14.8 Å². The van der Waals surface area contributed by atoms with Crippen molar-refractivity contribution < 1.29 is 36.9 Å². The molecule has 51 heavy (non-hydrogen) atoms. The summed E-state index contributed by atoms with van der Waals surface area (Å²) in [7, 11) is 1.47. The number of nitrogens with zero attached hydrogens (tertiary/aromatic N) is 4. The van der Waals surface area contributed by atoms with Crippen molar-refractivity contribution >= 4 is 33.3 Å². The van der Waals surface area contributed by atoms with Crippen molar-refractivity contribution in [3.8, 4) is 28.8 Å². The quantitative estimate of drug-likeness (QED) is 0.172. The van der Waals surface area contributed by atoms with Crippen molar-refractivity contribution in [2.24, 2.45) is 0 Å². The molecule has 3 aliphatic rings. The van der Waals surface area contributed by atoms with Crippen LogP contribution in [0.25, 0.3) is 38.4 Å². The van der Waals surface area contributed by atoms with Gasteiger partial charge in [0.1, 0.15) is 47.1 Å². The second-order valence-electron chi connectivity index (χ2n) is 14.4. The predicted molar refractivity (Wildman–Crippen MR) is 186 cm³/mol. The van der Waals surface area contributed by atoms with Crippen molar-refractivity contribution in [3.63, 3.8) is 0 Å². The number of methoxy groups -OCH3 is 1. The highest BCUT2D eigenvalue weighted by atomic mass is 19.1. The second-order valence-corrected chi connectivity index (χ2v) is 14.4. The third-order valence-electron chi connectivity index (χ3n) is 9.84. The number of amides is 1. The van der Waals surface area contributed by atoms with Gasteiger partial charge in [0, 0.05) is 55.1 Å². The van der Waals surface area contributed by atoms with E-state index in [1.54, 1.807) is 57.2 Å². The van der Waals surface area contributed by atoms with Gasteiger partial charge >= 0.3 is 6.09 Å². The van der Waals surface area contributed by atoms with Gasteiger partial charge in [-0.15, -0.1) is 0 Å². The van der Waals surface area contributed by atoms with Crippen LogP contribution in [0.5, 0.6) is 11.6 Å². The molecule has 9 nitrogen and oxygen atoms in total. The highest BCUT2D eigenvalue weighted by Gasteiger charge is 2.49. The second kappa shape index (κ2) is 13.4. The zero-order valence-electron chi connectivity index (χ0n) is 29.0. The summed E-state index contributed by atoms with van der Waals surface area (Å²) >= 11 is 0. The SMILES string of the molecule is COCOc1cc(-c2ccc3c(C4=CCN(C(=O)OC(C)(C)C)C4)c(C#N)c(OC[C@@]45CCCN4C[C@H](F)C5)nc3c2F)c2c(F)cccc2c1. The fraction of sp³-hybridized carbons (Fsp3) is 0.410. The Hall–Kier alpha value is -4.86. The number of carbonyl (C=O) groups is 1. The van der Waals surface area contributed by atoms with Gasteiger partial charge in [-0.25, -0.2) is 22.9 Å². The van der Waals surface area contributed by atoms with E-state index >= 15 is 8.78 Å². The minimum atomic E-state index is -0.995. The first-order valence-corrected chi connectivity index (χ1v) is 17.0. The van der Waals surface area contributed by atoms with Gasteiger partial charge in [0.2, 0.25) is 5.88 Å². The van der Waals surface area contributed by atoms with Gasteiger partial charge in [-0.2, -0.15) is 5.26 Å². The third-order valence-corrected chi connectivity index (χ3v) is 9.84. The lowest BCUT2D eigenvalue weighted by Gasteiger charge is -2.31. The van der Waals surface area contributed by atoms with Crippen LogP contribution < -0.4 is 9.47 Å². The molecule has 0 radical (unpaired) electrons. The Bertz CT molecular complexity index is 2110. The smallest absolute Gasteiger partial charge is 0.410 e. The zero-order chi connectivity index (χ0) is 36.1. The van der Waals surface area contributed by atoms with E-state index in [-0.39, 0.29) is 60.0 Å². The van der Waals surface area contributed by atoms with E-state index in [1.807, 2.05) is 0 Å². The summed E-state index contributed by atoms with van der Waals surface area (Å²) in [5.41, 5.74) is -0.0293. The molecule has 0 N–H and O–H groups in total. The summed E-state index contributed by atoms with van der Waals surface area (Å²) in [5.74, 6) is -1.04. The molecule has 4 heterocycles. The van der Waals surface area contributed by atoms with Gasteiger partial charge in [-0.1, -0.05) is 30.3 Å². The summed E-state index contributed by atoms with van der Waals surface area (Å²) in [5, 5.41) is 11.6. The van der Waals surface area contributed by atoms with Gasteiger partial charge in [-0.05, 0) is 74.9 Å². The van der Waals surface area contributed by atoms with Crippen LogP contribution in [-0.2, 0) is 9.47 Å². The Labute approximate surface area is 294 Å². The fourth-order valence-corrected chi connectivity index (χ4v) is 7.65. The number of carbonyl (C=O) groups excluding carboxylic acids is 1. The summed E-state index contributed by atoms with van der Waals surface area (Å²) in [6, 6.07) is 13.2. The standard InChI is InChI=1S/C39H39F3N4O5/c1-38(2,3)51-37(47)45-14-11-24(19-45)32-28-10-9-27(29-16-26(50-22-48-4)15-23-7-5-8-31(41)33(23)29)34(42)35(28)44-36(30(32)18-43)49-21-39-12-6-13-46(39)20-25(40)17-39/h5,7-11,15-16,25H,6,12-14,17,19-22H2,1-4H3/t25-,39+/m1/s1. The average Bonchev–Trinajstić information content (AvgIpc) is 3.80. The first-order valence-electron chi connectivity index (χ1n) is 17.0. The maximum atomic E-state index is 17.1. The number of alkyl halides is 1. The van der Waals surface area contributed by atoms with E-state index in [4.69, 9.17) is 18.9 Å². The summed E-state index contributed by atoms with van der Waals surface area (Å²) in [4.78, 5) is 21.2. The number of hydrogen-bond acceptors (Lipinski definition) is 8. The Morgan fingerprint density at radius 3 is 2.73 bits per heavy atom. The molecule has 2 saturated heterocycles. The minimum Gasteiger partial charge on any atom is -0.475 e. The predicted octanol–water partition coefficient (Wildman–Crippen LogP) is 7.78. The lowest BCUT2D eigenvalue weighted by molar-refractivity contribution is 0.0306. The number of ether oxygens (including phenoxy) is 4. The van der Waals surface area contributed by atoms with Crippen LogP contribution >= 0.6 is 0 Å². The van der Waals surface area contributed by atoms with Gasteiger partial charge in [-0.3, -0.25) is 4.90 Å². The van der Waals surface area contributed by atoms with Gasteiger partial charge in [0.25, 0.3) is 0 Å². The van der Waals surface area contributed by atoms with Crippen molar-refractivity contribution in [2.75, 3.05) is 46.7 Å². The number of halogens is 3. The van der Waals surface area contributed by atoms with Crippen molar-refractivity contribution in [3.05, 3.63) is 71.3 Å². The molecule has 266 valence electrons. The molecule has 0 aliphatic carbocycles. The molecule has 4 aromatic rings. The largest absolute Gasteiger partial charge is 0.475 e. The molecule has 2 fully saturated rings. The Morgan fingerprint density at radius 1 is 1.14 bits per heavy atom. The van der Waals surface area contributed by atoms with Gasteiger partial charge in [0.05, 0.1) is 5.54 Å².